The molecule has 3 aromatic carbocycles. The van der Waals surface area contributed by atoms with Crippen molar-refractivity contribution in [2.75, 3.05) is 11.1 Å². The number of hydrogen-bond donors (Lipinski definition) is 2. The number of nitrogens with zero attached hydrogens (tertiary/aromatic N) is 2. The van der Waals surface area contributed by atoms with Gasteiger partial charge in [0, 0.05) is 18.8 Å². The van der Waals surface area contributed by atoms with Gasteiger partial charge in [-0.3, -0.25) is 9.59 Å². The van der Waals surface area contributed by atoms with E-state index in [9.17, 15) is 27.2 Å². The molecule has 228 valence electrons. The summed E-state index contributed by atoms with van der Waals surface area (Å²) in [7, 11) is 0. The monoisotopic (exact) mass is 644 g/mol. The summed E-state index contributed by atoms with van der Waals surface area (Å²) in [6.07, 6.45) is 0. The minimum absolute atomic E-state index is 0.00694. The van der Waals surface area contributed by atoms with Crippen LogP contribution in [0.3, 0.4) is 0 Å². The molecule has 5 rings (SSSR count). The van der Waals surface area contributed by atoms with Crippen molar-refractivity contribution in [1.82, 2.24) is 9.13 Å². The van der Waals surface area contributed by atoms with Crippen LogP contribution in [0.2, 0.25) is 10.0 Å². The fraction of sp³-hybridized carbons (Fsp3) is 0.125. The van der Waals surface area contributed by atoms with Crippen LogP contribution < -0.4 is 22.2 Å². The van der Waals surface area contributed by atoms with Crippen molar-refractivity contribution in [2.45, 2.75) is 26.9 Å². The maximum atomic E-state index is 14.4. The number of pyridine rings is 2. The first-order valence-electron chi connectivity index (χ1n) is 13.3. The highest BCUT2D eigenvalue weighted by atomic mass is 35.5. The van der Waals surface area contributed by atoms with Crippen LogP contribution in [0.1, 0.15) is 13.8 Å². The Kier molecular flexibility index (Phi) is 10.2. The van der Waals surface area contributed by atoms with Crippen LogP contribution in [0.25, 0.3) is 22.5 Å². The number of rotatable bonds is 6. The normalized spacial score (nSPS) is 10.7. The van der Waals surface area contributed by atoms with Crippen molar-refractivity contribution in [3.8, 4) is 22.5 Å². The van der Waals surface area contributed by atoms with E-state index < -0.39 is 34.4 Å². The smallest absolute Gasteiger partial charge is 0.269 e. The molecule has 44 heavy (non-hydrogen) atoms. The van der Waals surface area contributed by atoms with E-state index in [0.29, 0.717) is 11.4 Å². The summed E-state index contributed by atoms with van der Waals surface area (Å²) in [5.41, 5.74) is 5.37. The Labute approximate surface area is 259 Å². The number of anilines is 3. The molecule has 12 heteroatoms. The Bertz CT molecular complexity index is 1910. The predicted octanol–water partition coefficient (Wildman–Crippen LogP) is 8.26. The Morgan fingerprint density at radius 3 is 1.57 bits per heavy atom. The van der Waals surface area contributed by atoms with Gasteiger partial charge in [0.2, 0.25) is 0 Å². The lowest BCUT2D eigenvalue weighted by atomic mass is 10.1. The Morgan fingerprint density at radius 1 is 0.659 bits per heavy atom. The predicted molar refractivity (Wildman–Crippen MR) is 168 cm³/mol. The average Bonchev–Trinajstić information content (AvgIpc) is 2.99. The molecule has 0 saturated heterocycles. The minimum atomic E-state index is -0.782. The standard InChI is InChI=1S/C19H15ClF2N2O.C13H11ClF2N2O/c1-2-24-18(17-14(21)9-6-10-15(17)22)16(11-13(20)19(24)25)23-12-7-4-3-5-8-12;1-2-18-12(10(17)6-7(14)13(18)19)11-8(15)4-3-5-9(11)16/h3-11,23H,2H2,1H3;3-6H,2,17H2,1H3. The summed E-state index contributed by atoms with van der Waals surface area (Å²) in [6.45, 7) is 3.80. The number of benzene rings is 3. The van der Waals surface area contributed by atoms with E-state index in [1.807, 2.05) is 18.2 Å². The third-order valence-corrected chi connectivity index (χ3v) is 7.15. The largest absolute Gasteiger partial charge is 0.397 e. The molecule has 0 aliphatic carbocycles. The number of aromatic nitrogens is 2. The van der Waals surface area contributed by atoms with Crippen LogP contribution in [0.5, 0.6) is 0 Å². The number of nitrogens with one attached hydrogen (secondary N) is 1. The van der Waals surface area contributed by atoms with Crippen LogP contribution in [0.4, 0.5) is 34.6 Å². The molecule has 2 heterocycles. The maximum Gasteiger partial charge on any atom is 0.269 e. The Morgan fingerprint density at radius 2 is 1.09 bits per heavy atom. The van der Waals surface area contributed by atoms with Crippen LogP contribution >= 0.6 is 23.2 Å². The summed E-state index contributed by atoms with van der Waals surface area (Å²) >= 11 is 11.8. The molecule has 0 spiro atoms. The molecule has 0 radical (unpaired) electrons. The summed E-state index contributed by atoms with van der Waals surface area (Å²) < 4.78 is 58.8. The van der Waals surface area contributed by atoms with Gasteiger partial charge in [0.05, 0.1) is 33.9 Å². The zero-order valence-electron chi connectivity index (χ0n) is 23.5. The number of halogens is 6. The van der Waals surface area contributed by atoms with Gasteiger partial charge in [0.15, 0.2) is 0 Å². The van der Waals surface area contributed by atoms with Crippen LogP contribution in [0, 0.1) is 23.3 Å². The second kappa shape index (κ2) is 13.8. The highest BCUT2D eigenvalue weighted by Crippen LogP contribution is 2.35. The van der Waals surface area contributed by atoms with Crippen LogP contribution in [0.15, 0.2) is 88.5 Å². The SMILES string of the molecule is CCn1c(-c2c(F)cccc2F)c(N)cc(Cl)c1=O.CCn1c(-c2c(F)cccc2F)c(Nc2ccccc2)cc(Cl)c1=O. The van der Waals surface area contributed by atoms with Crippen molar-refractivity contribution >= 4 is 40.3 Å². The van der Waals surface area contributed by atoms with Gasteiger partial charge in [-0.05, 0) is 62.4 Å². The number of para-hydroxylation sites is 1. The molecule has 0 atom stereocenters. The fourth-order valence-electron chi connectivity index (χ4n) is 4.66. The van der Waals surface area contributed by atoms with E-state index in [-0.39, 0.29) is 51.3 Å². The van der Waals surface area contributed by atoms with E-state index >= 15 is 0 Å². The van der Waals surface area contributed by atoms with E-state index in [1.165, 1.54) is 28.8 Å². The molecule has 0 amide bonds. The molecule has 0 aliphatic rings. The minimum Gasteiger partial charge on any atom is -0.397 e. The number of hydrogen-bond acceptors (Lipinski definition) is 4. The zero-order chi connectivity index (χ0) is 32.1. The molecule has 0 bridgehead atoms. The van der Waals surface area contributed by atoms with Gasteiger partial charge in [0.25, 0.3) is 11.1 Å². The number of nitrogens with two attached hydrogens (primary N) is 1. The van der Waals surface area contributed by atoms with E-state index in [0.717, 1.165) is 28.8 Å². The lowest BCUT2D eigenvalue weighted by Crippen LogP contribution is -2.23. The molecular formula is C32H26Cl2F4N4O2. The van der Waals surface area contributed by atoms with Crippen molar-refractivity contribution in [3.63, 3.8) is 0 Å². The third-order valence-electron chi connectivity index (χ3n) is 6.60. The molecule has 0 unspecified atom stereocenters. The fourth-order valence-corrected chi connectivity index (χ4v) is 5.09. The first-order chi connectivity index (χ1) is 21.0. The van der Waals surface area contributed by atoms with E-state index in [2.05, 4.69) is 5.32 Å². The average molecular weight is 645 g/mol. The molecule has 0 aliphatic heterocycles. The van der Waals surface area contributed by atoms with Crippen molar-refractivity contribution in [2.24, 2.45) is 0 Å². The van der Waals surface area contributed by atoms with E-state index in [4.69, 9.17) is 28.9 Å². The van der Waals surface area contributed by atoms with Gasteiger partial charge in [-0.25, -0.2) is 17.6 Å². The lowest BCUT2D eigenvalue weighted by molar-refractivity contribution is 0.583. The van der Waals surface area contributed by atoms with Gasteiger partial charge < -0.3 is 20.2 Å². The molecule has 3 N–H and O–H groups in total. The van der Waals surface area contributed by atoms with Gasteiger partial charge in [-0.1, -0.05) is 53.5 Å². The summed E-state index contributed by atoms with van der Waals surface area (Å²) in [5, 5.41) is 2.98. The zero-order valence-corrected chi connectivity index (χ0v) is 25.0. The second-order valence-corrected chi connectivity index (χ2v) is 10.1. The maximum absolute atomic E-state index is 14.4. The van der Waals surface area contributed by atoms with Crippen LogP contribution in [-0.2, 0) is 13.1 Å². The highest BCUT2D eigenvalue weighted by molar-refractivity contribution is 6.31. The Balaban J connectivity index is 0.000000209. The van der Waals surface area contributed by atoms with Crippen LogP contribution in [-0.4, -0.2) is 9.13 Å². The topological polar surface area (TPSA) is 82.0 Å². The molecule has 2 aromatic heterocycles. The molecule has 6 nitrogen and oxygen atoms in total. The lowest BCUT2D eigenvalue weighted by Gasteiger charge is -2.19. The summed E-state index contributed by atoms with van der Waals surface area (Å²) in [6, 6.07) is 18.8. The quantitative estimate of drug-likeness (QED) is 0.182. The first-order valence-corrected chi connectivity index (χ1v) is 14.1. The van der Waals surface area contributed by atoms with Gasteiger partial charge in [-0.15, -0.1) is 0 Å². The van der Waals surface area contributed by atoms with Crippen molar-refractivity contribution in [1.29, 1.82) is 0 Å². The number of nitrogen functional groups attached to an aromatic ring is 1. The summed E-state index contributed by atoms with van der Waals surface area (Å²) in [5.74, 6) is -3.06. The molecule has 0 fully saturated rings. The first kappa shape index (κ1) is 32.4. The van der Waals surface area contributed by atoms with Crippen molar-refractivity contribution < 1.29 is 17.6 Å². The molecule has 0 saturated carbocycles. The van der Waals surface area contributed by atoms with E-state index in [1.54, 1.807) is 26.0 Å². The highest BCUT2D eigenvalue weighted by Gasteiger charge is 2.22. The second-order valence-electron chi connectivity index (χ2n) is 9.33. The molecule has 5 aromatic rings. The Hall–Kier alpha value is -4.54. The summed E-state index contributed by atoms with van der Waals surface area (Å²) in [4.78, 5) is 24.3. The van der Waals surface area contributed by atoms with Gasteiger partial charge in [0.1, 0.15) is 33.3 Å². The van der Waals surface area contributed by atoms with Gasteiger partial charge in [-0.2, -0.15) is 0 Å². The third kappa shape index (κ3) is 6.51. The van der Waals surface area contributed by atoms with Gasteiger partial charge >= 0.3 is 0 Å². The van der Waals surface area contributed by atoms with Crippen molar-refractivity contribution in [3.05, 3.63) is 133 Å². The molecular weight excluding hydrogens is 619 g/mol.